The van der Waals surface area contributed by atoms with Crippen molar-refractivity contribution in [1.29, 1.82) is 0 Å². The number of aliphatic hydroxyl groups is 1. The molecule has 0 radical (unpaired) electrons. The molecule has 3 rings (SSSR count). The van der Waals surface area contributed by atoms with Crippen molar-refractivity contribution in [3.05, 3.63) is 29.8 Å². The number of carbonyl (C=O) groups is 1. The van der Waals surface area contributed by atoms with Crippen LogP contribution in [0, 0.1) is 16.7 Å². The normalized spacial score (nSPS) is 27.1. The van der Waals surface area contributed by atoms with Gasteiger partial charge in [-0.1, -0.05) is 20.8 Å². The zero-order chi connectivity index (χ0) is 19.2. The SMILES string of the molecule is CCCNS(=O)(=O)c1ccc(C(=O)N2C[C@@H]3C(C)(C)C[C@]3(CO)C2)cc1. The van der Waals surface area contributed by atoms with E-state index < -0.39 is 10.0 Å². The van der Waals surface area contributed by atoms with E-state index in [9.17, 15) is 18.3 Å². The molecule has 1 aliphatic heterocycles. The third-order valence-electron chi connectivity index (χ3n) is 5.95. The minimum atomic E-state index is -3.53. The molecule has 2 atom stereocenters. The first kappa shape index (κ1) is 19.3. The lowest BCUT2D eigenvalue weighted by molar-refractivity contribution is -0.0977. The largest absolute Gasteiger partial charge is 0.396 e. The number of amides is 1. The highest BCUT2D eigenvalue weighted by Gasteiger charge is 2.63. The fourth-order valence-corrected chi connectivity index (χ4v) is 5.91. The number of benzene rings is 1. The van der Waals surface area contributed by atoms with Gasteiger partial charge in [0.2, 0.25) is 10.0 Å². The molecule has 2 fully saturated rings. The van der Waals surface area contributed by atoms with Gasteiger partial charge in [0, 0.05) is 30.6 Å². The molecule has 2 N–H and O–H groups in total. The molecule has 26 heavy (non-hydrogen) atoms. The van der Waals surface area contributed by atoms with Crippen molar-refractivity contribution >= 4 is 15.9 Å². The first-order chi connectivity index (χ1) is 12.1. The molecule has 1 aromatic rings. The maximum absolute atomic E-state index is 12.8. The van der Waals surface area contributed by atoms with Crippen LogP contribution in [0.2, 0.25) is 0 Å². The summed E-state index contributed by atoms with van der Waals surface area (Å²) in [4.78, 5) is 14.8. The van der Waals surface area contributed by atoms with Crippen molar-refractivity contribution < 1.29 is 18.3 Å². The topological polar surface area (TPSA) is 86.7 Å². The lowest BCUT2D eigenvalue weighted by atomic mass is 9.48. The van der Waals surface area contributed by atoms with E-state index >= 15 is 0 Å². The Kier molecular flexibility index (Phi) is 4.92. The highest BCUT2D eigenvalue weighted by Crippen LogP contribution is 2.62. The average molecular weight is 381 g/mol. The fourth-order valence-electron chi connectivity index (χ4n) is 4.77. The molecule has 7 heteroatoms. The van der Waals surface area contributed by atoms with Crippen LogP contribution < -0.4 is 4.72 Å². The van der Waals surface area contributed by atoms with Gasteiger partial charge in [-0.3, -0.25) is 4.79 Å². The van der Waals surface area contributed by atoms with E-state index in [-0.39, 0.29) is 28.2 Å². The van der Waals surface area contributed by atoms with E-state index in [4.69, 9.17) is 0 Å². The van der Waals surface area contributed by atoms with E-state index in [1.807, 2.05) is 6.92 Å². The van der Waals surface area contributed by atoms with E-state index in [2.05, 4.69) is 18.6 Å². The number of likely N-dealkylation sites (tertiary alicyclic amines) is 1. The van der Waals surface area contributed by atoms with E-state index in [1.54, 1.807) is 17.0 Å². The first-order valence-electron chi connectivity index (χ1n) is 9.15. The second-order valence-corrected chi connectivity index (χ2v) is 10.1. The predicted octanol–water partition coefficient (Wildman–Crippen LogP) is 1.86. The molecule has 0 aromatic heterocycles. The minimum absolute atomic E-state index is 0.102. The summed E-state index contributed by atoms with van der Waals surface area (Å²) in [6, 6.07) is 6.09. The number of sulfonamides is 1. The molecule has 0 spiro atoms. The van der Waals surface area contributed by atoms with Crippen molar-refractivity contribution in [1.82, 2.24) is 9.62 Å². The van der Waals surface area contributed by atoms with E-state index in [1.165, 1.54) is 12.1 Å². The lowest BCUT2D eigenvalue weighted by Crippen LogP contribution is -2.54. The number of fused-ring (bicyclic) bond motifs is 1. The molecular weight excluding hydrogens is 352 g/mol. The van der Waals surface area contributed by atoms with Gasteiger partial charge in [-0.2, -0.15) is 0 Å². The Labute approximate surface area is 155 Å². The third kappa shape index (κ3) is 3.17. The van der Waals surface area contributed by atoms with Gasteiger partial charge >= 0.3 is 0 Å². The summed E-state index contributed by atoms with van der Waals surface area (Å²) in [5.41, 5.74) is 0.444. The lowest BCUT2D eigenvalue weighted by Gasteiger charge is -2.55. The van der Waals surface area contributed by atoms with Crippen LogP contribution in [0.1, 0.15) is 44.0 Å². The second-order valence-electron chi connectivity index (χ2n) is 8.35. The predicted molar refractivity (Wildman–Crippen MR) is 99.2 cm³/mol. The van der Waals surface area contributed by atoms with Crippen LogP contribution in [-0.2, 0) is 10.0 Å². The Morgan fingerprint density at radius 1 is 1.31 bits per heavy atom. The van der Waals surface area contributed by atoms with Gasteiger partial charge in [0.15, 0.2) is 0 Å². The standard InChI is InChI=1S/C19H28N2O4S/c1-4-9-20-26(24,25)15-7-5-14(6-8-15)17(23)21-10-16-18(2,3)11-19(16,12-21)13-22/h5-8,16,20,22H,4,9-13H2,1-3H3/t16-,19-/m1/s1. The van der Waals surface area contributed by atoms with Crippen LogP contribution in [0.5, 0.6) is 0 Å². The van der Waals surface area contributed by atoms with E-state index in [0.717, 1.165) is 12.8 Å². The molecule has 0 bridgehead atoms. The molecule has 1 amide bonds. The van der Waals surface area contributed by atoms with Crippen molar-refractivity contribution in [2.45, 2.75) is 38.5 Å². The maximum Gasteiger partial charge on any atom is 0.253 e. The van der Waals surface area contributed by atoms with Crippen molar-refractivity contribution in [3.8, 4) is 0 Å². The maximum atomic E-state index is 12.8. The molecule has 1 saturated heterocycles. The number of nitrogens with one attached hydrogen (secondary N) is 1. The Bertz CT molecular complexity index is 788. The van der Waals surface area contributed by atoms with Crippen LogP contribution in [0.3, 0.4) is 0 Å². The molecule has 1 aliphatic carbocycles. The molecule has 1 saturated carbocycles. The van der Waals surface area contributed by atoms with Gasteiger partial charge in [0.1, 0.15) is 0 Å². The van der Waals surface area contributed by atoms with Crippen LogP contribution >= 0.6 is 0 Å². The highest BCUT2D eigenvalue weighted by atomic mass is 32.2. The first-order valence-corrected chi connectivity index (χ1v) is 10.6. The van der Waals surface area contributed by atoms with Crippen molar-refractivity contribution in [2.24, 2.45) is 16.7 Å². The van der Waals surface area contributed by atoms with Gasteiger partial charge in [-0.25, -0.2) is 13.1 Å². The Morgan fingerprint density at radius 3 is 2.46 bits per heavy atom. The summed E-state index contributed by atoms with van der Waals surface area (Å²) in [7, 11) is -3.53. The Balaban J connectivity index is 1.74. The Hall–Kier alpha value is -1.44. The molecule has 6 nitrogen and oxygen atoms in total. The number of hydrogen-bond acceptors (Lipinski definition) is 4. The van der Waals surface area contributed by atoms with Crippen LogP contribution in [0.4, 0.5) is 0 Å². The minimum Gasteiger partial charge on any atom is -0.396 e. The smallest absolute Gasteiger partial charge is 0.253 e. The van der Waals surface area contributed by atoms with Gasteiger partial charge in [-0.15, -0.1) is 0 Å². The Morgan fingerprint density at radius 2 is 1.96 bits per heavy atom. The molecule has 144 valence electrons. The fraction of sp³-hybridized carbons (Fsp3) is 0.632. The molecule has 0 unspecified atom stereocenters. The van der Waals surface area contributed by atoms with Crippen LogP contribution in [-0.4, -0.2) is 50.6 Å². The molecule has 2 aliphatic rings. The summed E-state index contributed by atoms with van der Waals surface area (Å²) in [5, 5.41) is 9.83. The number of aliphatic hydroxyl groups excluding tert-OH is 1. The second kappa shape index (κ2) is 6.62. The average Bonchev–Trinajstić information content (AvgIpc) is 2.95. The number of nitrogens with zero attached hydrogens (tertiary/aromatic N) is 1. The highest BCUT2D eigenvalue weighted by molar-refractivity contribution is 7.89. The van der Waals surface area contributed by atoms with Gasteiger partial charge in [0.25, 0.3) is 5.91 Å². The van der Waals surface area contributed by atoms with Crippen molar-refractivity contribution in [3.63, 3.8) is 0 Å². The number of carbonyl (C=O) groups excluding carboxylic acids is 1. The summed E-state index contributed by atoms with van der Waals surface area (Å²) < 4.78 is 26.8. The van der Waals surface area contributed by atoms with E-state index in [0.29, 0.717) is 31.1 Å². The van der Waals surface area contributed by atoms with Crippen LogP contribution in [0.25, 0.3) is 0 Å². The third-order valence-corrected chi connectivity index (χ3v) is 7.43. The van der Waals surface area contributed by atoms with Crippen molar-refractivity contribution in [2.75, 3.05) is 26.2 Å². The molecule has 1 heterocycles. The van der Waals surface area contributed by atoms with Gasteiger partial charge < -0.3 is 10.0 Å². The zero-order valence-corrected chi connectivity index (χ0v) is 16.5. The number of rotatable bonds is 6. The molecular formula is C19H28N2O4S. The van der Waals surface area contributed by atoms with Gasteiger partial charge in [-0.05, 0) is 48.4 Å². The van der Waals surface area contributed by atoms with Crippen LogP contribution in [0.15, 0.2) is 29.2 Å². The molecule has 1 aromatic carbocycles. The summed E-state index contributed by atoms with van der Waals surface area (Å²) in [5.74, 6) is 0.204. The summed E-state index contributed by atoms with van der Waals surface area (Å²) in [6.45, 7) is 7.96. The quantitative estimate of drug-likeness (QED) is 0.789. The zero-order valence-electron chi connectivity index (χ0n) is 15.7. The van der Waals surface area contributed by atoms with Gasteiger partial charge in [0.05, 0.1) is 11.5 Å². The number of hydrogen-bond donors (Lipinski definition) is 2. The summed E-state index contributed by atoms with van der Waals surface area (Å²) in [6.07, 6.45) is 1.64. The summed E-state index contributed by atoms with van der Waals surface area (Å²) >= 11 is 0. The monoisotopic (exact) mass is 380 g/mol.